The van der Waals surface area contributed by atoms with Gasteiger partial charge in [0.15, 0.2) is 17.2 Å². The van der Waals surface area contributed by atoms with Crippen LogP contribution >= 0.6 is 0 Å². The Labute approximate surface area is 111 Å². The largest absolute Gasteiger partial charge is 0.421 e. The highest BCUT2D eigenvalue weighted by molar-refractivity contribution is 6.02. The van der Waals surface area contributed by atoms with Crippen molar-refractivity contribution in [2.24, 2.45) is 5.73 Å². The molecule has 0 spiro atoms. The quantitative estimate of drug-likeness (QED) is 0.749. The summed E-state index contributed by atoms with van der Waals surface area (Å²) in [6.45, 7) is 0. The molecule has 7 nitrogen and oxygen atoms in total. The SMILES string of the molecule is NC(=O)c1nc(Oc2ccccc2F)nc2[nH]ncc12. The van der Waals surface area contributed by atoms with Crippen LogP contribution in [-0.4, -0.2) is 26.1 Å². The highest BCUT2D eigenvalue weighted by Crippen LogP contribution is 2.23. The number of halogens is 1. The number of primary amides is 1. The first-order valence-corrected chi connectivity index (χ1v) is 5.58. The Kier molecular flexibility index (Phi) is 2.75. The van der Waals surface area contributed by atoms with Gasteiger partial charge in [-0.1, -0.05) is 12.1 Å². The van der Waals surface area contributed by atoms with Crippen molar-refractivity contribution >= 4 is 16.9 Å². The third-order valence-electron chi connectivity index (χ3n) is 2.56. The van der Waals surface area contributed by atoms with E-state index in [9.17, 15) is 9.18 Å². The van der Waals surface area contributed by atoms with Crippen LogP contribution in [-0.2, 0) is 0 Å². The smallest absolute Gasteiger partial charge is 0.324 e. The highest BCUT2D eigenvalue weighted by atomic mass is 19.1. The fourth-order valence-electron chi connectivity index (χ4n) is 1.67. The number of hydrogen-bond acceptors (Lipinski definition) is 5. The van der Waals surface area contributed by atoms with E-state index in [2.05, 4.69) is 20.2 Å². The van der Waals surface area contributed by atoms with Crippen LogP contribution in [0.1, 0.15) is 10.5 Å². The van der Waals surface area contributed by atoms with Crippen LogP contribution < -0.4 is 10.5 Å². The lowest BCUT2D eigenvalue weighted by Crippen LogP contribution is -2.14. The van der Waals surface area contributed by atoms with Crippen molar-refractivity contribution in [2.45, 2.75) is 0 Å². The van der Waals surface area contributed by atoms with Crippen molar-refractivity contribution in [1.82, 2.24) is 20.2 Å². The first-order valence-electron chi connectivity index (χ1n) is 5.58. The molecule has 3 aromatic rings. The zero-order valence-electron chi connectivity index (χ0n) is 10.0. The van der Waals surface area contributed by atoms with Crippen LogP contribution in [0.4, 0.5) is 4.39 Å². The van der Waals surface area contributed by atoms with E-state index in [0.29, 0.717) is 5.39 Å². The summed E-state index contributed by atoms with van der Waals surface area (Å²) in [5, 5.41) is 6.69. The molecule has 0 atom stereocenters. The molecule has 0 radical (unpaired) electrons. The average Bonchev–Trinajstić information content (AvgIpc) is 2.88. The van der Waals surface area contributed by atoms with Gasteiger partial charge in [0.25, 0.3) is 5.91 Å². The van der Waals surface area contributed by atoms with Gasteiger partial charge in [-0.05, 0) is 12.1 Å². The number of hydrogen-bond donors (Lipinski definition) is 2. The van der Waals surface area contributed by atoms with Gasteiger partial charge >= 0.3 is 6.01 Å². The Morgan fingerprint density at radius 1 is 1.30 bits per heavy atom. The number of benzene rings is 1. The van der Waals surface area contributed by atoms with Gasteiger partial charge in [0, 0.05) is 0 Å². The molecule has 0 aliphatic carbocycles. The fourth-order valence-corrected chi connectivity index (χ4v) is 1.67. The minimum Gasteiger partial charge on any atom is -0.421 e. The molecule has 0 aliphatic rings. The number of nitrogens with two attached hydrogens (primary N) is 1. The maximum Gasteiger partial charge on any atom is 0.324 e. The van der Waals surface area contributed by atoms with Crippen molar-refractivity contribution in [3.05, 3.63) is 42.0 Å². The second-order valence-corrected chi connectivity index (χ2v) is 3.88. The lowest BCUT2D eigenvalue weighted by atomic mass is 10.3. The van der Waals surface area contributed by atoms with Crippen LogP contribution in [0.25, 0.3) is 11.0 Å². The lowest BCUT2D eigenvalue weighted by molar-refractivity contribution is 0.0996. The maximum atomic E-state index is 13.5. The van der Waals surface area contributed by atoms with E-state index in [1.54, 1.807) is 6.07 Å². The van der Waals surface area contributed by atoms with Gasteiger partial charge in [0.05, 0.1) is 11.6 Å². The van der Waals surface area contributed by atoms with Gasteiger partial charge in [-0.3, -0.25) is 9.89 Å². The zero-order valence-corrected chi connectivity index (χ0v) is 10.0. The van der Waals surface area contributed by atoms with E-state index >= 15 is 0 Å². The summed E-state index contributed by atoms with van der Waals surface area (Å²) in [5.74, 6) is -1.37. The molecule has 3 N–H and O–H groups in total. The number of amides is 1. The third-order valence-corrected chi connectivity index (χ3v) is 2.56. The Hall–Kier alpha value is -3.03. The topological polar surface area (TPSA) is 107 Å². The number of fused-ring (bicyclic) bond motifs is 1. The number of carbonyl (C=O) groups excluding carboxylic acids is 1. The average molecular weight is 273 g/mol. The van der Waals surface area contributed by atoms with Gasteiger partial charge in [-0.25, -0.2) is 4.39 Å². The maximum absolute atomic E-state index is 13.5. The number of carbonyl (C=O) groups is 1. The molecule has 1 aromatic carbocycles. The van der Waals surface area contributed by atoms with E-state index in [1.165, 1.54) is 24.4 Å². The summed E-state index contributed by atoms with van der Waals surface area (Å²) in [7, 11) is 0. The molecule has 0 fully saturated rings. The van der Waals surface area contributed by atoms with Crippen molar-refractivity contribution in [1.29, 1.82) is 0 Å². The Bertz CT molecular complexity index is 801. The molecule has 0 bridgehead atoms. The molecule has 100 valence electrons. The standard InChI is InChI=1S/C12H8FN5O2/c13-7-3-1-2-4-8(7)20-12-16-9(10(14)19)6-5-15-18-11(6)17-12/h1-5H,(H2,14,19)(H,15,16,17,18). The van der Waals surface area contributed by atoms with Crippen molar-refractivity contribution in [3.63, 3.8) is 0 Å². The van der Waals surface area contributed by atoms with Gasteiger partial charge in [-0.15, -0.1) is 0 Å². The number of ether oxygens (including phenoxy) is 1. The highest BCUT2D eigenvalue weighted by Gasteiger charge is 2.15. The molecule has 0 saturated heterocycles. The van der Waals surface area contributed by atoms with E-state index in [0.717, 1.165) is 0 Å². The van der Waals surface area contributed by atoms with Crippen molar-refractivity contribution in [3.8, 4) is 11.8 Å². The Morgan fingerprint density at radius 3 is 2.85 bits per heavy atom. The summed E-state index contributed by atoms with van der Waals surface area (Å²) in [4.78, 5) is 19.2. The van der Waals surface area contributed by atoms with Crippen molar-refractivity contribution in [2.75, 3.05) is 0 Å². The minimum atomic E-state index is -0.753. The first kappa shape index (κ1) is 12.0. The predicted molar refractivity (Wildman–Crippen MR) is 66.7 cm³/mol. The molecule has 20 heavy (non-hydrogen) atoms. The summed E-state index contributed by atoms with van der Waals surface area (Å²) >= 11 is 0. The number of H-pyrrole nitrogens is 1. The molecule has 0 saturated carbocycles. The van der Waals surface area contributed by atoms with E-state index in [1.807, 2.05) is 0 Å². The number of para-hydroxylation sites is 1. The summed E-state index contributed by atoms with van der Waals surface area (Å²) < 4.78 is 18.7. The number of aromatic amines is 1. The molecule has 1 amide bonds. The third kappa shape index (κ3) is 2.03. The molecule has 0 aliphatic heterocycles. The summed E-state index contributed by atoms with van der Waals surface area (Å²) in [5.41, 5.74) is 5.46. The monoisotopic (exact) mass is 273 g/mol. The molecule has 3 rings (SSSR count). The van der Waals surface area contributed by atoms with Gasteiger partial charge in [-0.2, -0.15) is 15.1 Å². The van der Waals surface area contributed by atoms with E-state index < -0.39 is 11.7 Å². The normalized spacial score (nSPS) is 10.7. The Morgan fingerprint density at radius 2 is 2.10 bits per heavy atom. The summed E-state index contributed by atoms with van der Waals surface area (Å²) in [6.07, 6.45) is 1.38. The van der Waals surface area contributed by atoms with Crippen LogP contribution in [0.15, 0.2) is 30.5 Å². The van der Waals surface area contributed by atoms with Gasteiger partial charge in [0.2, 0.25) is 0 Å². The summed E-state index contributed by atoms with van der Waals surface area (Å²) in [6, 6.07) is 5.58. The first-order chi connectivity index (χ1) is 9.65. The number of nitrogens with one attached hydrogen (secondary N) is 1. The lowest BCUT2D eigenvalue weighted by Gasteiger charge is -2.05. The zero-order chi connectivity index (χ0) is 14.1. The van der Waals surface area contributed by atoms with Crippen molar-refractivity contribution < 1.29 is 13.9 Å². The number of nitrogens with zero attached hydrogens (tertiary/aromatic N) is 3. The molecule has 0 unspecified atom stereocenters. The van der Waals surface area contributed by atoms with Crippen LogP contribution in [0, 0.1) is 5.82 Å². The van der Waals surface area contributed by atoms with Crippen LogP contribution in [0.3, 0.4) is 0 Å². The number of aromatic nitrogens is 4. The minimum absolute atomic E-state index is 0.0462. The Balaban J connectivity index is 2.08. The molecular formula is C12H8FN5O2. The van der Waals surface area contributed by atoms with E-state index in [4.69, 9.17) is 10.5 Å². The molecular weight excluding hydrogens is 265 g/mol. The molecule has 2 heterocycles. The second-order valence-electron chi connectivity index (χ2n) is 3.88. The molecule has 2 aromatic heterocycles. The number of rotatable bonds is 3. The van der Waals surface area contributed by atoms with Gasteiger partial charge in [0.1, 0.15) is 5.69 Å². The van der Waals surface area contributed by atoms with Crippen LogP contribution in [0.2, 0.25) is 0 Å². The second kappa shape index (κ2) is 4.57. The predicted octanol–water partition coefficient (Wildman–Crippen LogP) is 1.38. The molecule has 8 heteroatoms. The van der Waals surface area contributed by atoms with Gasteiger partial charge < -0.3 is 10.5 Å². The van der Waals surface area contributed by atoms with E-state index in [-0.39, 0.29) is 23.1 Å². The fraction of sp³-hybridized carbons (Fsp3) is 0. The van der Waals surface area contributed by atoms with Crippen LogP contribution in [0.5, 0.6) is 11.8 Å².